The molecule has 7 rings (SSSR count). The molecule has 0 unspecified atom stereocenters. The van der Waals surface area contributed by atoms with Crippen molar-refractivity contribution < 1.29 is 14.2 Å². The molecule has 4 aromatic rings. The second-order valence-electron chi connectivity index (χ2n) is 15.3. The molecule has 7 heteroatoms. The van der Waals surface area contributed by atoms with E-state index in [0.29, 0.717) is 11.1 Å². The third-order valence-corrected chi connectivity index (χ3v) is 11.5. The Morgan fingerprint density at radius 1 is 0.722 bits per heavy atom. The van der Waals surface area contributed by atoms with Crippen LogP contribution in [0.1, 0.15) is 72.4 Å². The summed E-state index contributed by atoms with van der Waals surface area (Å²) in [6.07, 6.45) is 10.9. The third-order valence-electron chi connectivity index (χ3n) is 11.5. The molecule has 2 aliphatic heterocycles. The molecule has 274 valence electrons. The maximum atomic E-state index is 12.6. The number of benzene rings is 4. The minimum atomic E-state index is -0.309. The molecule has 0 radical (unpaired) electrons. The van der Waals surface area contributed by atoms with Crippen LogP contribution in [-0.4, -0.2) is 50.3 Å². The number of amides is 2. The zero-order valence-corrected chi connectivity index (χ0v) is 32.6. The zero-order valence-electron chi connectivity index (χ0n) is 32.6. The second-order valence-corrected chi connectivity index (χ2v) is 15.3. The largest absolute Gasteiger partial charge is 0.355 e. The van der Waals surface area contributed by atoms with E-state index >= 15 is 0 Å². The summed E-state index contributed by atoms with van der Waals surface area (Å²) in [5.74, 6) is -0.163. The van der Waals surface area contributed by atoms with Crippen molar-refractivity contribution in [2.75, 3.05) is 38.0 Å². The van der Waals surface area contributed by atoms with Crippen molar-refractivity contribution in [3.05, 3.63) is 166 Å². The third kappa shape index (κ3) is 6.17. The number of rotatable bonds is 8. The van der Waals surface area contributed by atoms with E-state index in [9.17, 15) is 9.59 Å². The molecule has 2 N–H and O–H groups in total. The highest BCUT2D eigenvalue weighted by Gasteiger charge is 2.44. The van der Waals surface area contributed by atoms with E-state index in [2.05, 4.69) is 164 Å². The molecule has 0 saturated carbocycles. The molecule has 0 aromatic heterocycles. The lowest BCUT2D eigenvalue weighted by atomic mass is 9.80. The summed E-state index contributed by atoms with van der Waals surface area (Å²) in [4.78, 5) is 29.8. The van der Waals surface area contributed by atoms with Gasteiger partial charge in [-0.15, -0.1) is 0 Å². The van der Waals surface area contributed by atoms with Crippen LogP contribution in [-0.2, 0) is 10.8 Å². The van der Waals surface area contributed by atoms with E-state index in [-0.39, 0.29) is 22.6 Å². The molecule has 7 nitrogen and oxygen atoms in total. The maximum absolute atomic E-state index is 12.6. The number of carbonyl (C=O) groups excluding carboxylic acids is 2. The fourth-order valence-electron chi connectivity index (χ4n) is 8.49. The van der Waals surface area contributed by atoms with E-state index in [1.165, 1.54) is 28.3 Å². The van der Waals surface area contributed by atoms with Crippen LogP contribution < -0.4 is 20.4 Å². The van der Waals surface area contributed by atoms with E-state index < -0.39 is 0 Å². The van der Waals surface area contributed by atoms with E-state index in [0.717, 1.165) is 46.7 Å². The highest BCUT2D eigenvalue weighted by molar-refractivity contribution is 6.04. The summed E-state index contributed by atoms with van der Waals surface area (Å²) in [7, 11) is 7.57. The van der Waals surface area contributed by atoms with Gasteiger partial charge in [-0.25, -0.2) is 0 Å². The number of fused-ring (bicyclic) bond motifs is 2. The van der Waals surface area contributed by atoms with Gasteiger partial charge in [-0.3, -0.25) is 9.59 Å². The Hall–Kier alpha value is -5.95. The Bertz CT molecular complexity index is 2270. The molecule has 0 saturated heterocycles. The van der Waals surface area contributed by atoms with Gasteiger partial charge in [0.15, 0.2) is 5.71 Å². The molecule has 2 heterocycles. The van der Waals surface area contributed by atoms with Crippen LogP contribution in [0.4, 0.5) is 22.7 Å². The predicted molar refractivity (Wildman–Crippen MR) is 222 cm³/mol. The Balaban J connectivity index is 1.35. The van der Waals surface area contributed by atoms with Gasteiger partial charge in [0, 0.05) is 78.1 Å². The quantitative estimate of drug-likeness (QED) is 0.179. The normalized spacial score (nSPS) is 18.5. The van der Waals surface area contributed by atoms with Crippen molar-refractivity contribution in [3.8, 4) is 0 Å². The minimum Gasteiger partial charge on any atom is -0.355 e. The Morgan fingerprint density at radius 2 is 1.30 bits per heavy atom. The Morgan fingerprint density at radius 3 is 1.89 bits per heavy atom. The van der Waals surface area contributed by atoms with Crippen LogP contribution in [0, 0.1) is 0 Å². The molecule has 0 spiro atoms. The molecule has 54 heavy (non-hydrogen) atoms. The average molecular weight is 717 g/mol. The van der Waals surface area contributed by atoms with E-state index in [1.54, 1.807) is 14.1 Å². The number of likely N-dealkylation sites (N-methyl/N-ethyl adjacent to an activating group) is 1. The van der Waals surface area contributed by atoms with Gasteiger partial charge in [-0.2, -0.15) is 4.58 Å². The number of carbonyl (C=O) groups is 2. The number of allylic oxidation sites excluding steroid dienone is 7. The van der Waals surface area contributed by atoms with Crippen molar-refractivity contribution in [2.24, 2.45) is 0 Å². The van der Waals surface area contributed by atoms with Gasteiger partial charge < -0.3 is 20.4 Å². The predicted octanol–water partition coefficient (Wildman–Crippen LogP) is 9.09. The number of hydrogen-bond donors (Lipinski definition) is 2. The first-order valence-corrected chi connectivity index (χ1v) is 18.7. The van der Waals surface area contributed by atoms with Gasteiger partial charge in [0.2, 0.25) is 5.69 Å². The SMILES string of the molecule is CNC(=O)c1ccc2c(c1)C(C)(C)C(/C=C/C1=C(N(c3ccccc3)c3ccccc3)C(=C/C=C3/N(C)c4ccc(C(=O)NC)cc4C3(C)C)/CC1)=[N+]2C. The highest BCUT2D eigenvalue weighted by Crippen LogP contribution is 2.48. The lowest BCUT2D eigenvalue weighted by Gasteiger charge is -2.29. The molecule has 2 amide bonds. The molecule has 0 bridgehead atoms. The highest BCUT2D eigenvalue weighted by atomic mass is 16.2. The average Bonchev–Trinajstić information content (AvgIpc) is 3.73. The van der Waals surface area contributed by atoms with Crippen LogP contribution in [0.3, 0.4) is 0 Å². The first-order valence-electron chi connectivity index (χ1n) is 18.7. The number of para-hydroxylation sites is 2. The fraction of sp³-hybridized carbons (Fsp3) is 0.255. The van der Waals surface area contributed by atoms with Gasteiger partial charge in [0.05, 0.1) is 11.1 Å². The smallest absolute Gasteiger partial charge is 0.251 e. The molecule has 0 fully saturated rings. The molecule has 4 aromatic carbocycles. The molecular weight excluding hydrogens is 667 g/mol. The van der Waals surface area contributed by atoms with Crippen molar-refractivity contribution in [1.29, 1.82) is 0 Å². The molecule has 1 aliphatic carbocycles. The summed E-state index contributed by atoms with van der Waals surface area (Å²) >= 11 is 0. The number of hydrogen-bond acceptors (Lipinski definition) is 4. The van der Waals surface area contributed by atoms with Gasteiger partial charge in [0.1, 0.15) is 7.05 Å². The van der Waals surface area contributed by atoms with Gasteiger partial charge in [-0.05, 0) is 104 Å². The topological polar surface area (TPSA) is 67.7 Å². The zero-order chi connectivity index (χ0) is 38.4. The number of anilines is 3. The molecular formula is C47H50N5O2+. The van der Waals surface area contributed by atoms with Gasteiger partial charge >= 0.3 is 0 Å². The molecule has 3 aliphatic rings. The van der Waals surface area contributed by atoms with Crippen LogP contribution in [0.5, 0.6) is 0 Å². The first-order chi connectivity index (χ1) is 25.9. The molecule has 0 atom stereocenters. The van der Waals surface area contributed by atoms with Gasteiger partial charge in [0.25, 0.3) is 11.8 Å². The lowest BCUT2D eigenvalue weighted by molar-refractivity contribution is -0.401. The fourth-order valence-corrected chi connectivity index (χ4v) is 8.49. The van der Waals surface area contributed by atoms with E-state index in [4.69, 9.17) is 0 Å². The maximum Gasteiger partial charge on any atom is 0.251 e. The summed E-state index contributed by atoms with van der Waals surface area (Å²) < 4.78 is 2.26. The van der Waals surface area contributed by atoms with Crippen molar-refractivity contribution >= 4 is 40.3 Å². The van der Waals surface area contributed by atoms with Crippen LogP contribution in [0.15, 0.2) is 144 Å². The Kier molecular flexibility index (Phi) is 9.52. The van der Waals surface area contributed by atoms with Crippen LogP contribution in [0.2, 0.25) is 0 Å². The van der Waals surface area contributed by atoms with Crippen molar-refractivity contribution in [2.45, 2.75) is 51.4 Å². The number of nitrogens with one attached hydrogen (secondary N) is 2. The van der Waals surface area contributed by atoms with Gasteiger partial charge in [-0.1, -0.05) is 62.4 Å². The van der Waals surface area contributed by atoms with Crippen molar-refractivity contribution in [1.82, 2.24) is 10.6 Å². The van der Waals surface area contributed by atoms with Crippen molar-refractivity contribution in [3.63, 3.8) is 0 Å². The van der Waals surface area contributed by atoms with E-state index in [1.807, 2.05) is 24.3 Å². The standard InChI is InChI=1S/C47H49N5O2/c1-46(2)37-29-33(44(53)48-5)21-25-39(37)50(7)41(46)27-23-31-19-20-32(43(31)52(35-15-11-9-12-16-35)36-17-13-10-14-18-36)24-28-42-47(3,4)38-30-34(45(54)49-6)22-26-40(38)51(42)8/h9-18,21-30H,19-20H2,1-8H3,(H-,48,49,53,54)/p+1. The summed E-state index contributed by atoms with van der Waals surface area (Å²) in [5.41, 5.74) is 13.4. The first kappa shape index (κ1) is 36.4. The lowest BCUT2D eigenvalue weighted by Crippen LogP contribution is -2.27. The van der Waals surface area contributed by atoms with Crippen LogP contribution >= 0.6 is 0 Å². The summed E-state index contributed by atoms with van der Waals surface area (Å²) in [6.45, 7) is 8.94. The monoisotopic (exact) mass is 716 g/mol. The second kappa shape index (κ2) is 14.1. The minimum absolute atomic E-state index is 0.0816. The Labute approximate surface area is 319 Å². The summed E-state index contributed by atoms with van der Waals surface area (Å²) in [5, 5.41) is 5.54. The number of nitrogens with zero attached hydrogens (tertiary/aromatic N) is 3. The van der Waals surface area contributed by atoms with Crippen LogP contribution in [0.25, 0.3) is 0 Å². The summed E-state index contributed by atoms with van der Waals surface area (Å²) in [6, 6.07) is 33.2.